The van der Waals surface area contributed by atoms with Crippen molar-refractivity contribution >= 4 is 11.6 Å². The number of halogens is 1. The van der Waals surface area contributed by atoms with Crippen molar-refractivity contribution in [3.63, 3.8) is 0 Å². The van der Waals surface area contributed by atoms with Gasteiger partial charge in [-0.05, 0) is 18.6 Å². The van der Waals surface area contributed by atoms with Crippen LogP contribution in [0.25, 0.3) is 0 Å². The average Bonchev–Trinajstić information content (AvgIpc) is 2.69. The van der Waals surface area contributed by atoms with Crippen molar-refractivity contribution in [3.05, 3.63) is 41.5 Å². The molecule has 5 heteroatoms. The zero-order valence-corrected chi connectivity index (χ0v) is 9.15. The molecule has 15 heavy (non-hydrogen) atoms. The van der Waals surface area contributed by atoms with Gasteiger partial charge >= 0.3 is 0 Å². The summed E-state index contributed by atoms with van der Waals surface area (Å²) in [6, 6.07) is 3.95. The predicted octanol–water partition coefficient (Wildman–Crippen LogP) is 1.77. The highest BCUT2D eigenvalue weighted by molar-refractivity contribution is 6.16. The number of nitrogens with zero attached hydrogens (tertiary/aromatic N) is 4. The molecule has 0 amide bonds. The summed E-state index contributed by atoms with van der Waals surface area (Å²) >= 11 is 5.64. The molecule has 0 unspecified atom stereocenters. The summed E-state index contributed by atoms with van der Waals surface area (Å²) in [4.78, 5) is 4.29. The van der Waals surface area contributed by atoms with E-state index in [9.17, 15) is 0 Å². The first-order valence-electron chi connectivity index (χ1n) is 4.65. The average molecular weight is 223 g/mol. The lowest BCUT2D eigenvalue weighted by Crippen LogP contribution is -2.04. The van der Waals surface area contributed by atoms with Gasteiger partial charge in [0.05, 0.1) is 30.0 Å². The highest BCUT2D eigenvalue weighted by Crippen LogP contribution is 2.05. The number of hydrogen-bond acceptors (Lipinski definition) is 3. The minimum Gasteiger partial charge on any atom is -0.259 e. The summed E-state index contributed by atoms with van der Waals surface area (Å²) in [5.41, 5.74) is 2.94. The first kappa shape index (κ1) is 10.1. The second-order valence-corrected chi connectivity index (χ2v) is 3.58. The third-order valence-corrected chi connectivity index (χ3v) is 2.43. The van der Waals surface area contributed by atoms with Gasteiger partial charge in [0.2, 0.25) is 0 Å². The van der Waals surface area contributed by atoms with Gasteiger partial charge in [0.15, 0.2) is 0 Å². The summed E-state index contributed by atoms with van der Waals surface area (Å²) < 4.78 is 1.74. The first-order valence-corrected chi connectivity index (χ1v) is 5.18. The Morgan fingerprint density at radius 1 is 1.47 bits per heavy atom. The van der Waals surface area contributed by atoms with Crippen molar-refractivity contribution in [1.82, 2.24) is 20.0 Å². The molecule has 0 atom stereocenters. The maximum atomic E-state index is 5.64. The maximum absolute atomic E-state index is 5.64. The molecule has 0 saturated carbocycles. The van der Waals surface area contributed by atoms with E-state index in [1.807, 2.05) is 25.3 Å². The standard InChI is InChI=1S/C10H11ClN4/c1-8-3-2-4-12-10(8)7-15-6-9(5-11)13-14-15/h2-4,6H,5,7H2,1H3. The third-order valence-electron chi connectivity index (χ3n) is 2.15. The van der Waals surface area contributed by atoms with Crippen LogP contribution in [0.1, 0.15) is 17.0 Å². The number of aromatic nitrogens is 4. The summed E-state index contributed by atoms with van der Waals surface area (Å²) in [5, 5.41) is 7.88. The highest BCUT2D eigenvalue weighted by Gasteiger charge is 2.03. The Morgan fingerprint density at radius 3 is 3.00 bits per heavy atom. The fraction of sp³-hybridized carbons (Fsp3) is 0.300. The molecule has 0 N–H and O–H groups in total. The molecule has 2 heterocycles. The number of rotatable bonds is 3. The molecule has 2 aromatic rings. The minimum absolute atomic E-state index is 0.390. The molecule has 0 aliphatic heterocycles. The van der Waals surface area contributed by atoms with Gasteiger partial charge in [0.25, 0.3) is 0 Å². The van der Waals surface area contributed by atoms with Crippen LogP contribution in [-0.2, 0) is 12.4 Å². The van der Waals surface area contributed by atoms with E-state index in [4.69, 9.17) is 11.6 Å². The van der Waals surface area contributed by atoms with Gasteiger partial charge in [0.1, 0.15) is 0 Å². The van der Waals surface area contributed by atoms with E-state index < -0.39 is 0 Å². The largest absolute Gasteiger partial charge is 0.259 e. The fourth-order valence-corrected chi connectivity index (χ4v) is 1.44. The molecule has 0 aliphatic rings. The van der Waals surface area contributed by atoms with Gasteiger partial charge in [-0.2, -0.15) is 0 Å². The molecule has 0 fully saturated rings. The molecule has 0 bridgehead atoms. The van der Waals surface area contributed by atoms with E-state index in [0.717, 1.165) is 17.0 Å². The maximum Gasteiger partial charge on any atom is 0.0974 e. The molecule has 78 valence electrons. The molecule has 2 aromatic heterocycles. The van der Waals surface area contributed by atoms with Crippen LogP contribution in [0, 0.1) is 6.92 Å². The Balaban J connectivity index is 2.18. The zero-order chi connectivity index (χ0) is 10.7. The van der Waals surface area contributed by atoms with Gasteiger partial charge in [-0.25, -0.2) is 4.68 Å². The molecular formula is C10H11ClN4. The van der Waals surface area contributed by atoms with Crippen molar-refractivity contribution < 1.29 is 0 Å². The number of alkyl halides is 1. The van der Waals surface area contributed by atoms with Gasteiger partial charge in [-0.15, -0.1) is 16.7 Å². The second kappa shape index (κ2) is 4.40. The zero-order valence-electron chi connectivity index (χ0n) is 8.39. The van der Waals surface area contributed by atoms with Crippen LogP contribution in [0.4, 0.5) is 0 Å². The molecule has 0 aromatic carbocycles. The smallest absolute Gasteiger partial charge is 0.0974 e. The van der Waals surface area contributed by atoms with Crippen LogP contribution in [0.3, 0.4) is 0 Å². The fourth-order valence-electron chi connectivity index (χ4n) is 1.31. The topological polar surface area (TPSA) is 43.6 Å². The Bertz CT molecular complexity index is 452. The molecule has 4 nitrogen and oxygen atoms in total. The lowest BCUT2D eigenvalue weighted by Gasteiger charge is -2.02. The molecule has 0 saturated heterocycles. The first-order chi connectivity index (χ1) is 7.29. The molecular weight excluding hydrogens is 212 g/mol. The summed E-state index contributed by atoms with van der Waals surface area (Å²) in [6.07, 6.45) is 3.61. The summed E-state index contributed by atoms with van der Waals surface area (Å²) in [6.45, 7) is 2.66. The third kappa shape index (κ3) is 2.33. The van der Waals surface area contributed by atoms with Crippen molar-refractivity contribution in [2.45, 2.75) is 19.3 Å². The Labute approximate surface area is 92.9 Å². The van der Waals surface area contributed by atoms with Crippen molar-refractivity contribution in [1.29, 1.82) is 0 Å². The predicted molar refractivity (Wildman–Crippen MR) is 57.7 cm³/mol. The van der Waals surface area contributed by atoms with E-state index in [2.05, 4.69) is 15.3 Å². The summed E-state index contributed by atoms with van der Waals surface area (Å²) in [7, 11) is 0. The van der Waals surface area contributed by atoms with Crippen LogP contribution in [0.2, 0.25) is 0 Å². The second-order valence-electron chi connectivity index (χ2n) is 3.31. The van der Waals surface area contributed by atoms with Crippen molar-refractivity contribution in [3.8, 4) is 0 Å². The highest BCUT2D eigenvalue weighted by atomic mass is 35.5. The van der Waals surface area contributed by atoms with Gasteiger partial charge < -0.3 is 0 Å². The van der Waals surface area contributed by atoms with Crippen LogP contribution < -0.4 is 0 Å². The van der Waals surface area contributed by atoms with Crippen molar-refractivity contribution in [2.24, 2.45) is 0 Å². The van der Waals surface area contributed by atoms with E-state index in [1.165, 1.54) is 0 Å². The van der Waals surface area contributed by atoms with Crippen molar-refractivity contribution in [2.75, 3.05) is 0 Å². The van der Waals surface area contributed by atoms with Crippen LogP contribution in [0.5, 0.6) is 0 Å². The Hall–Kier alpha value is -1.42. The SMILES string of the molecule is Cc1cccnc1Cn1cc(CCl)nn1. The van der Waals surface area contributed by atoms with Crippen LogP contribution >= 0.6 is 11.6 Å². The normalized spacial score (nSPS) is 10.5. The van der Waals surface area contributed by atoms with Gasteiger partial charge in [-0.1, -0.05) is 11.3 Å². The Kier molecular flexibility index (Phi) is 2.97. The monoisotopic (exact) mass is 222 g/mol. The van der Waals surface area contributed by atoms with Gasteiger partial charge in [0, 0.05) is 6.20 Å². The minimum atomic E-state index is 0.390. The summed E-state index contributed by atoms with van der Waals surface area (Å²) in [5.74, 6) is 0.390. The molecule has 2 rings (SSSR count). The van der Waals surface area contributed by atoms with E-state index in [1.54, 1.807) is 10.9 Å². The lowest BCUT2D eigenvalue weighted by molar-refractivity contribution is 0.635. The molecule has 0 spiro atoms. The quantitative estimate of drug-likeness (QED) is 0.744. The Morgan fingerprint density at radius 2 is 2.33 bits per heavy atom. The van der Waals surface area contributed by atoms with E-state index >= 15 is 0 Å². The van der Waals surface area contributed by atoms with E-state index in [-0.39, 0.29) is 0 Å². The number of hydrogen-bond donors (Lipinski definition) is 0. The molecule has 0 aliphatic carbocycles. The van der Waals surface area contributed by atoms with Crippen LogP contribution in [0.15, 0.2) is 24.5 Å². The van der Waals surface area contributed by atoms with Crippen LogP contribution in [-0.4, -0.2) is 20.0 Å². The van der Waals surface area contributed by atoms with E-state index in [0.29, 0.717) is 12.4 Å². The van der Waals surface area contributed by atoms with Gasteiger partial charge in [-0.3, -0.25) is 4.98 Å². The number of aryl methyl sites for hydroxylation is 1. The number of pyridine rings is 1. The lowest BCUT2D eigenvalue weighted by atomic mass is 10.2. The molecule has 0 radical (unpaired) electrons.